The molecular formula is C15H25N3O2. The van der Waals surface area contributed by atoms with Crippen LogP contribution in [0.1, 0.15) is 75.7 Å². The van der Waals surface area contributed by atoms with Gasteiger partial charge < -0.3 is 15.0 Å². The standard InChI is InChI=1S/C15H25N3O2/c1-2-19-13(11-8-9-11)14-17-15(20-18-14)12(16)10-6-4-3-5-7-10/h10-13H,2-9,16H2,1H3. The van der Waals surface area contributed by atoms with Gasteiger partial charge in [0.2, 0.25) is 11.7 Å². The third kappa shape index (κ3) is 3.04. The molecule has 2 N–H and O–H groups in total. The van der Waals surface area contributed by atoms with Crippen LogP contribution in [0.2, 0.25) is 0 Å². The molecule has 0 saturated heterocycles. The van der Waals surface area contributed by atoms with Gasteiger partial charge in [0.05, 0.1) is 6.04 Å². The summed E-state index contributed by atoms with van der Waals surface area (Å²) in [5.41, 5.74) is 6.31. The zero-order valence-electron chi connectivity index (χ0n) is 12.3. The molecule has 2 aliphatic carbocycles. The molecule has 2 fully saturated rings. The maximum Gasteiger partial charge on any atom is 0.243 e. The average Bonchev–Trinajstić information content (AvgIpc) is 3.21. The number of nitrogens with zero attached hydrogens (tertiary/aromatic N) is 2. The molecule has 5 nitrogen and oxygen atoms in total. The van der Waals surface area contributed by atoms with Crippen LogP contribution in [-0.2, 0) is 4.74 Å². The lowest BCUT2D eigenvalue weighted by molar-refractivity contribution is 0.0384. The van der Waals surface area contributed by atoms with Crippen LogP contribution in [0.5, 0.6) is 0 Å². The second-order valence-corrected chi connectivity index (χ2v) is 6.13. The minimum absolute atomic E-state index is 0.00365. The van der Waals surface area contributed by atoms with Crippen molar-refractivity contribution in [2.45, 2.75) is 64.0 Å². The summed E-state index contributed by atoms with van der Waals surface area (Å²) < 4.78 is 11.2. The Morgan fingerprint density at radius 3 is 2.60 bits per heavy atom. The van der Waals surface area contributed by atoms with Crippen molar-refractivity contribution in [1.82, 2.24) is 10.1 Å². The van der Waals surface area contributed by atoms with Gasteiger partial charge in [0, 0.05) is 6.61 Å². The summed E-state index contributed by atoms with van der Waals surface area (Å²) in [5, 5.41) is 4.12. The summed E-state index contributed by atoms with van der Waals surface area (Å²) in [6, 6.07) is -0.113. The van der Waals surface area contributed by atoms with Crippen molar-refractivity contribution in [3.05, 3.63) is 11.7 Å². The van der Waals surface area contributed by atoms with Crippen LogP contribution in [-0.4, -0.2) is 16.7 Å². The normalized spacial score (nSPS) is 23.7. The fourth-order valence-corrected chi connectivity index (χ4v) is 3.19. The van der Waals surface area contributed by atoms with Gasteiger partial charge in [0.15, 0.2) is 0 Å². The minimum atomic E-state index is -0.113. The van der Waals surface area contributed by atoms with E-state index in [0.717, 1.165) is 0 Å². The molecule has 2 saturated carbocycles. The van der Waals surface area contributed by atoms with Crippen LogP contribution in [0.25, 0.3) is 0 Å². The highest BCUT2D eigenvalue weighted by atomic mass is 16.5. The van der Waals surface area contributed by atoms with Gasteiger partial charge in [0.25, 0.3) is 0 Å². The third-order valence-electron chi connectivity index (χ3n) is 4.55. The first-order valence-corrected chi connectivity index (χ1v) is 8.00. The summed E-state index contributed by atoms with van der Waals surface area (Å²) in [7, 11) is 0. The molecule has 0 spiro atoms. The Morgan fingerprint density at radius 2 is 1.95 bits per heavy atom. The van der Waals surface area contributed by atoms with E-state index in [0.29, 0.717) is 30.2 Å². The topological polar surface area (TPSA) is 74.2 Å². The van der Waals surface area contributed by atoms with Gasteiger partial charge in [-0.3, -0.25) is 0 Å². The van der Waals surface area contributed by atoms with Gasteiger partial charge in [-0.1, -0.05) is 24.4 Å². The largest absolute Gasteiger partial charge is 0.370 e. The van der Waals surface area contributed by atoms with Crippen molar-refractivity contribution in [2.75, 3.05) is 6.61 Å². The Labute approximate surface area is 120 Å². The highest BCUT2D eigenvalue weighted by Gasteiger charge is 2.37. The van der Waals surface area contributed by atoms with E-state index in [1.54, 1.807) is 0 Å². The van der Waals surface area contributed by atoms with E-state index < -0.39 is 0 Å². The number of nitrogens with two attached hydrogens (primary N) is 1. The summed E-state index contributed by atoms with van der Waals surface area (Å²) in [6.45, 7) is 2.68. The Hall–Kier alpha value is -0.940. The first kappa shape index (κ1) is 14.0. The van der Waals surface area contributed by atoms with Crippen molar-refractivity contribution in [3.8, 4) is 0 Å². The molecule has 112 valence electrons. The van der Waals surface area contributed by atoms with Crippen LogP contribution in [0, 0.1) is 11.8 Å². The van der Waals surface area contributed by atoms with Crippen molar-refractivity contribution >= 4 is 0 Å². The molecule has 0 aromatic carbocycles. The zero-order chi connectivity index (χ0) is 13.9. The van der Waals surface area contributed by atoms with Gasteiger partial charge in [-0.2, -0.15) is 4.98 Å². The van der Waals surface area contributed by atoms with Crippen LogP contribution in [0.15, 0.2) is 4.52 Å². The van der Waals surface area contributed by atoms with E-state index in [2.05, 4.69) is 10.1 Å². The molecule has 2 unspecified atom stereocenters. The molecule has 1 aromatic heterocycles. The summed E-state index contributed by atoms with van der Waals surface area (Å²) in [4.78, 5) is 4.54. The SMILES string of the molecule is CCOC(c1noc(C(N)C2CCCCC2)n1)C1CC1. The van der Waals surface area contributed by atoms with Crippen molar-refractivity contribution in [2.24, 2.45) is 17.6 Å². The van der Waals surface area contributed by atoms with E-state index >= 15 is 0 Å². The summed E-state index contributed by atoms with van der Waals surface area (Å²) >= 11 is 0. The number of aromatic nitrogens is 2. The molecule has 0 radical (unpaired) electrons. The first-order valence-electron chi connectivity index (χ1n) is 8.00. The molecule has 1 heterocycles. The van der Waals surface area contributed by atoms with Crippen molar-refractivity contribution in [3.63, 3.8) is 0 Å². The van der Waals surface area contributed by atoms with Gasteiger partial charge in [0.1, 0.15) is 6.10 Å². The Bertz CT molecular complexity index is 425. The summed E-state index contributed by atoms with van der Waals surface area (Å²) in [6.07, 6.45) is 8.61. The number of hydrogen-bond donors (Lipinski definition) is 1. The number of ether oxygens (including phenoxy) is 1. The van der Waals surface area contributed by atoms with Crippen LogP contribution in [0.4, 0.5) is 0 Å². The maximum atomic E-state index is 6.31. The van der Waals surface area contributed by atoms with Crippen LogP contribution in [0.3, 0.4) is 0 Å². The molecule has 0 aliphatic heterocycles. The molecule has 0 bridgehead atoms. The van der Waals surface area contributed by atoms with E-state index in [1.165, 1.54) is 44.9 Å². The smallest absolute Gasteiger partial charge is 0.243 e. The summed E-state index contributed by atoms with van der Waals surface area (Å²) in [5.74, 6) is 2.34. The third-order valence-corrected chi connectivity index (χ3v) is 4.55. The van der Waals surface area contributed by atoms with Gasteiger partial charge >= 0.3 is 0 Å². The monoisotopic (exact) mass is 279 g/mol. The Kier molecular flexibility index (Phi) is 4.36. The zero-order valence-corrected chi connectivity index (χ0v) is 12.3. The van der Waals surface area contributed by atoms with Gasteiger partial charge in [-0.15, -0.1) is 0 Å². The predicted molar refractivity (Wildman–Crippen MR) is 74.9 cm³/mol. The van der Waals surface area contributed by atoms with Crippen LogP contribution < -0.4 is 5.73 Å². The second-order valence-electron chi connectivity index (χ2n) is 6.13. The molecule has 2 atom stereocenters. The van der Waals surface area contributed by atoms with Crippen LogP contribution >= 0.6 is 0 Å². The van der Waals surface area contributed by atoms with Crippen molar-refractivity contribution in [1.29, 1.82) is 0 Å². The number of hydrogen-bond acceptors (Lipinski definition) is 5. The van der Waals surface area contributed by atoms with E-state index in [4.69, 9.17) is 15.0 Å². The lowest BCUT2D eigenvalue weighted by atomic mass is 9.84. The predicted octanol–water partition coefficient (Wildman–Crippen LogP) is 3.14. The van der Waals surface area contributed by atoms with Gasteiger partial charge in [-0.05, 0) is 44.4 Å². The number of rotatable bonds is 6. The minimum Gasteiger partial charge on any atom is -0.370 e. The lowest BCUT2D eigenvalue weighted by Crippen LogP contribution is -2.24. The Balaban J connectivity index is 1.68. The molecule has 0 amide bonds. The molecule has 3 rings (SSSR count). The Morgan fingerprint density at radius 1 is 1.20 bits per heavy atom. The highest BCUT2D eigenvalue weighted by Crippen LogP contribution is 2.42. The quantitative estimate of drug-likeness (QED) is 0.866. The molecule has 1 aromatic rings. The molecular weight excluding hydrogens is 254 g/mol. The molecule has 2 aliphatic rings. The first-order chi connectivity index (χ1) is 9.79. The van der Waals surface area contributed by atoms with E-state index in [1.807, 2.05) is 6.92 Å². The molecule has 5 heteroatoms. The average molecular weight is 279 g/mol. The fraction of sp³-hybridized carbons (Fsp3) is 0.867. The maximum absolute atomic E-state index is 6.31. The van der Waals surface area contributed by atoms with Crippen molar-refractivity contribution < 1.29 is 9.26 Å². The van der Waals surface area contributed by atoms with E-state index in [9.17, 15) is 0 Å². The second kappa shape index (κ2) is 6.22. The highest BCUT2D eigenvalue weighted by molar-refractivity contribution is 5.01. The molecule has 20 heavy (non-hydrogen) atoms. The van der Waals surface area contributed by atoms with Gasteiger partial charge in [-0.25, -0.2) is 0 Å². The lowest BCUT2D eigenvalue weighted by Gasteiger charge is -2.24. The fourth-order valence-electron chi connectivity index (χ4n) is 3.19. The van der Waals surface area contributed by atoms with E-state index in [-0.39, 0.29) is 12.1 Å².